The summed E-state index contributed by atoms with van der Waals surface area (Å²) in [5.41, 5.74) is 3.78. The summed E-state index contributed by atoms with van der Waals surface area (Å²) in [6.45, 7) is 1.82. The summed E-state index contributed by atoms with van der Waals surface area (Å²) in [6.07, 6.45) is 1.01. The van der Waals surface area contributed by atoms with E-state index in [2.05, 4.69) is 0 Å². The molecule has 3 atom stereocenters. The number of ether oxygens (including phenoxy) is 3. The van der Waals surface area contributed by atoms with Gasteiger partial charge in [-0.3, -0.25) is 14.6 Å². The lowest BCUT2D eigenvalue weighted by Gasteiger charge is -2.36. The summed E-state index contributed by atoms with van der Waals surface area (Å²) in [5, 5.41) is 0. The molecule has 0 radical (unpaired) electrons. The topological polar surface area (TPSA) is 74.2 Å². The minimum atomic E-state index is -0.711. The van der Waals surface area contributed by atoms with Gasteiger partial charge in [0.1, 0.15) is 17.4 Å². The van der Waals surface area contributed by atoms with Crippen molar-refractivity contribution in [2.75, 3.05) is 21.3 Å². The van der Waals surface area contributed by atoms with Crippen LogP contribution in [0.2, 0.25) is 0 Å². The van der Waals surface area contributed by atoms with Crippen LogP contribution >= 0.6 is 0 Å². The van der Waals surface area contributed by atoms with Crippen LogP contribution in [0.1, 0.15) is 42.7 Å². The Hall–Kier alpha value is -3.41. The van der Waals surface area contributed by atoms with Gasteiger partial charge in [0.05, 0.1) is 21.3 Å². The molecule has 1 aliphatic carbocycles. The van der Waals surface area contributed by atoms with Crippen molar-refractivity contribution in [3.05, 3.63) is 70.9 Å². The van der Waals surface area contributed by atoms with E-state index < -0.39 is 17.8 Å². The summed E-state index contributed by atoms with van der Waals surface area (Å²) in [7, 11) is 4.51. The molecule has 2 aromatic rings. The molecule has 0 fully saturated rings. The lowest BCUT2D eigenvalue weighted by molar-refractivity contribution is -0.143. The fourth-order valence-electron chi connectivity index (χ4n) is 4.87. The van der Waals surface area contributed by atoms with Gasteiger partial charge < -0.3 is 14.2 Å². The smallest absolute Gasteiger partial charge is 0.315 e. The molecule has 0 saturated heterocycles. The second-order valence-electron chi connectivity index (χ2n) is 8.14. The first-order valence-corrected chi connectivity index (χ1v) is 10.6. The normalized spacial score (nSPS) is 22.7. The van der Waals surface area contributed by atoms with Crippen molar-refractivity contribution >= 4 is 17.5 Å². The third kappa shape index (κ3) is 3.81. The average Bonchev–Trinajstić information content (AvgIpc) is 2.82. The molecule has 2 aliphatic rings. The molecule has 0 bridgehead atoms. The van der Waals surface area contributed by atoms with Gasteiger partial charge in [-0.15, -0.1) is 0 Å². The van der Waals surface area contributed by atoms with Crippen molar-refractivity contribution in [1.29, 1.82) is 0 Å². The first-order chi connectivity index (χ1) is 15.5. The largest absolute Gasteiger partial charge is 0.497 e. The number of rotatable bonds is 5. The van der Waals surface area contributed by atoms with E-state index in [9.17, 15) is 9.59 Å². The Morgan fingerprint density at radius 3 is 2.41 bits per heavy atom. The van der Waals surface area contributed by atoms with Gasteiger partial charge in [-0.2, -0.15) is 0 Å². The number of Topliss-reactive ketones (excluding diaryl/α,β-unsaturated/α-hetero) is 1. The van der Waals surface area contributed by atoms with Crippen LogP contribution in [0.3, 0.4) is 0 Å². The molecule has 1 unspecified atom stereocenters. The fourth-order valence-corrected chi connectivity index (χ4v) is 4.87. The average molecular weight is 434 g/mol. The minimum Gasteiger partial charge on any atom is -0.497 e. The number of carbonyl (C=O) groups is 2. The van der Waals surface area contributed by atoms with Gasteiger partial charge >= 0.3 is 5.97 Å². The van der Waals surface area contributed by atoms with Crippen molar-refractivity contribution < 1.29 is 23.8 Å². The fraction of sp³-hybridized carbons (Fsp3) is 0.346. The Kier molecular flexibility index (Phi) is 6.12. The maximum Gasteiger partial charge on any atom is 0.315 e. The van der Waals surface area contributed by atoms with Crippen molar-refractivity contribution in [3.8, 4) is 11.5 Å². The first-order valence-electron chi connectivity index (χ1n) is 10.6. The number of hydrogen-bond acceptors (Lipinski definition) is 6. The van der Waals surface area contributed by atoms with E-state index in [0.717, 1.165) is 16.8 Å². The van der Waals surface area contributed by atoms with E-state index in [1.165, 1.54) is 7.11 Å². The lowest BCUT2D eigenvalue weighted by Crippen LogP contribution is -2.38. The van der Waals surface area contributed by atoms with Crippen LogP contribution in [0.25, 0.3) is 0 Å². The van der Waals surface area contributed by atoms with E-state index in [4.69, 9.17) is 19.2 Å². The lowest BCUT2D eigenvalue weighted by atomic mass is 9.69. The predicted molar refractivity (Wildman–Crippen MR) is 121 cm³/mol. The number of esters is 1. The summed E-state index contributed by atoms with van der Waals surface area (Å²) in [5.74, 6) is -0.421. The Bertz CT molecular complexity index is 1100. The zero-order valence-corrected chi connectivity index (χ0v) is 18.8. The molecule has 166 valence electrons. The van der Waals surface area contributed by atoms with Gasteiger partial charge in [0.2, 0.25) is 0 Å². The molecule has 1 heterocycles. The van der Waals surface area contributed by atoms with Crippen molar-refractivity contribution in [3.63, 3.8) is 0 Å². The number of methoxy groups -OCH3 is 3. The molecule has 32 heavy (non-hydrogen) atoms. The third-order valence-electron chi connectivity index (χ3n) is 6.39. The SMILES string of the molecule is COC(=O)C1C(C)=NC2=C(C(=O)C[C@@H](c3ccccc3)C2)[C@@H]1c1cc(OC)ccc1OC. The zero-order valence-electron chi connectivity index (χ0n) is 18.8. The molecule has 0 aromatic heterocycles. The summed E-state index contributed by atoms with van der Waals surface area (Å²) in [6, 6.07) is 15.4. The summed E-state index contributed by atoms with van der Waals surface area (Å²) >= 11 is 0. The maximum absolute atomic E-state index is 13.6. The number of benzene rings is 2. The number of hydrogen-bond donors (Lipinski definition) is 0. The Balaban J connectivity index is 1.88. The van der Waals surface area contributed by atoms with Crippen LogP contribution in [-0.2, 0) is 14.3 Å². The van der Waals surface area contributed by atoms with Gasteiger partial charge in [-0.1, -0.05) is 30.3 Å². The molecule has 0 N–H and O–H groups in total. The monoisotopic (exact) mass is 433 g/mol. The van der Waals surface area contributed by atoms with Crippen molar-refractivity contribution in [2.24, 2.45) is 10.9 Å². The minimum absolute atomic E-state index is 0.000120. The second-order valence-corrected chi connectivity index (χ2v) is 8.14. The molecule has 4 rings (SSSR count). The molecule has 0 saturated carbocycles. The van der Waals surface area contributed by atoms with Crippen LogP contribution in [0.15, 0.2) is 64.8 Å². The summed E-state index contributed by atoms with van der Waals surface area (Å²) < 4.78 is 16.2. The van der Waals surface area contributed by atoms with Gasteiger partial charge in [-0.25, -0.2) is 0 Å². The highest BCUT2D eigenvalue weighted by molar-refractivity contribution is 6.09. The number of carbonyl (C=O) groups excluding carboxylic acids is 2. The number of allylic oxidation sites excluding steroid dienone is 2. The van der Waals surface area contributed by atoms with Gasteiger partial charge in [0.25, 0.3) is 0 Å². The first kappa shape index (κ1) is 21.8. The van der Waals surface area contributed by atoms with Crippen LogP contribution in [0, 0.1) is 5.92 Å². The summed E-state index contributed by atoms with van der Waals surface area (Å²) in [4.78, 5) is 31.2. The van der Waals surface area contributed by atoms with E-state index in [0.29, 0.717) is 35.6 Å². The second kappa shape index (κ2) is 8.99. The molecular weight excluding hydrogens is 406 g/mol. The van der Waals surface area contributed by atoms with E-state index >= 15 is 0 Å². The van der Waals surface area contributed by atoms with Crippen molar-refractivity contribution in [2.45, 2.75) is 31.6 Å². The van der Waals surface area contributed by atoms with Crippen molar-refractivity contribution in [1.82, 2.24) is 0 Å². The molecule has 2 aromatic carbocycles. The van der Waals surface area contributed by atoms with Crippen LogP contribution in [0.5, 0.6) is 11.5 Å². The number of ketones is 1. The molecule has 1 aliphatic heterocycles. The standard InChI is InChI=1S/C26H27NO5/c1-15-23(26(29)32-4)24(19-14-18(30-2)10-11-22(19)31-3)25-20(27-15)12-17(13-21(25)28)16-8-6-5-7-9-16/h5-11,14,17,23-24H,12-13H2,1-4H3/t17-,23?,24+/m0/s1. The third-order valence-corrected chi connectivity index (χ3v) is 6.39. The molecule has 0 spiro atoms. The molecule has 6 nitrogen and oxygen atoms in total. The Morgan fingerprint density at radius 2 is 1.75 bits per heavy atom. The predicted octanol–water partition coefficient (Wildman–Crippen LogP) is 4.45. The molecule has 0 amide bonds. The highest BCUT2D eigenvalue weighted by Crippen LogP contribution is 2.49. The molecule has 6 heteroatoms. The quantitative estimate of drug-likeness (QED) is 0.651. The highest BCUT2D eigenvalue weighted by atomic mass is 16.5. The van der Waals surface area contributed by atoms with Gasteiger partial charge in [0, 0.05) is 34.9 Å². The Labute approximate surface area is 187 Å². The number of aliphatic imine (C=N–C) groups is 1. The van der Waals surface area contributed by atoms with E-state index in [-0.39, 0.29) is 11.7 Å². The van der Waals surface area contributed by atoms with Crippen LogP contribution in [-0.4, -0.2) is 38.8 Å². The maximum atomic E-state index is 13.6. The Morgan fingerprint density at radius 1 is 1.00 bits per heavy atom. The van der Waals surface area contributed by atoms with Crippen LogP contribution in [0.4, 0.5) is 0 Å². The van der Waals surface area contributed by atoms with Gasteiger partial charge in [-0.05, 0) is 43.0 Å². The molecular formula is C26H27NO5. The zero-order chi connectivity index (χ0) is 22.8. The van der Waals surface area contributed by atoms with E-state index in [1.54, 1.807) is 26.4 Å². The van der Waals surface area contributed by atoms with Crippen LogP contribution < -0.4 is 9.47 Å². The van der Waals surface area contributed by atoms with E-state index in [1.807, 2.05) is 43.3 Å². The number of nitrogens with zero attached hydrogens (tertiary/aromatic N) is 1. The highest BCUT2D eigenvalue weighted by Gasteiger charge is 2.45. The van der Waals surface area contributed by atoms with Gasteiger partial charge in [0.15, 0.2) is 5.78 Å².